The molecular weight excluding hydrogens is 350 g/mol. The molecule has 140 valence electrons. The fourth-order valence-corrected chi connectivity index (χ4v) is 3.67. The Balaban J connectivity index is 1.67. The first-order valence-electron chi connectivity index (χ1n) is 8.78. The number of hydrogen-bond donors (Lipinski definition) is 1. The van der Waals surface area contributed by atoms with Crippen LogP contribution in [0.25, 0.3) is 11.1 Å². The first-order valence-corrected chi connectivity index (χ1v) is 10.3. The maximum Gasteiger partial charge on any atom is 0.214 e. The van der Waals surface area contributed by atoms with Crippen molar-refractivity contribution in [1.29, 1.82) is 0 Å². The fraction of sp³-hybridized carbons (Fsp3) is 0.400. The zero-order valence-corrected chi connectivity index (χ0v) is 16.1. The minimum atomic E-state index is -3.36. The number of nitrogens with one attached hydrogen (secondary N) is 1. The summed E-state index contributed by atoms with van der Waals surface area (Å²) in [6, 6.07) is 15.8. The van der Waals surface area contributed by atoms with Crippen LogP contribution in [0.3, 0.4) is 0 Å². The molecule has 5 nitrogen and oxygen atoms in total. The van der Waals surface area contributed by atoms with E-state index in [4.69, 9.17) is 9.47 Å². The monoisotopic (exact) mass is 375 g/mol. The Labute approximate surface area is 155 Å². The number of ether oxygens (including phenoxy) is 2. The topological polar surface area (TPSA) is 64.6 Å². The van der Waals surface area contributed by atoms with Crippen LogP contribution in [0.4, 0.5) is 0 Å². The van der Waals surface area contributed by atoms with E-state index in [2.05, 4.69) is 35.9 Å². The Morgan fingerprint density at radius 1 is 1.00 bits per heavy atom. The number of sulfonamides is 1. The van der Waals surface area contributed by atoms with Crippen molar-refractivity contribution in [2.24, 2.45) is 0 Å². The molecule has 0 aliphatic carbocycles. The van der Waals surface area contributed by atoms with E-state index in [1.54, 1.807) is 13.8 Å². The lowest BCUT2D eigenvalue weighted by atomic mass is 10.0. The Morgan fingerprint density at radius 3 is 2.15 bits per heavy atom. The predicted molar refractivity (Wildman–Crippen MR) is 103 cm³/mol. The van der Waals surface area contributed by atoms with Crippen LogP contribution < -0.4 is 9.46 Å². The first kappa shape index (κ1) is 18.9. The van der Waals surface area contributed by atoms with E-state index in [1.165, 1.54) is 5.56 Å². The van der Waals surface area contributed by atoms with Crippen LogP contribution in [0.15, 0.2) is 48.5 Å². The molecule has 1 aliphatic heterocycles. The Bertz CT molecular complexity index is 829. The van der Waals surface area contributed by atoms with Gasteiger partial charge in [0.1, 0.15) is 11.9 Å². The molecule has 0 saturated carbocycles. The summed E-state index contributed by atoms with van der Waals surface area (Å²) in [5.74, 6) is 0.699. The summed E-state index contributed by atoms with van der Waals surface area (Å²) < 4.78 is 38.3. The van der Waals surface area contributed by atoms with Gasteiger partial charge in [0.25, 0.3) is 0 Å². The highest BCUT2D eigenvalue weighted by Crippen LogP contribution is 2.24. The van der Waals surface area contributed by atoms with Gasteiger partial charge in [-0.15, -0.1) is 0 Å². The van der Waals surface area contributed by atoms with Crippen molar-refractivity contribution in [3.8, 4) is 16.9 Å². The molecular formula is C20H25NO4S. The second-order valence-electron chi connectivity index (χ2n) is 6.90. The summed E-state index contributed by atoms with van der Waals surface area (Å²) in [4.78, 5) is 0. The van der Waals surface area contributed by atoms with Crippen molar-refractivity contribution in [1.82, 2.24) is 4.72 Å². The highest BCUT2D eigenvalue weighted by atomic mass is 32.2. The molecule has 2 atom stereocenters. The molecule has 2 unspecified atom stereocenters. The fourth-order valence-electron chi connectivity index (χ4n) is 2.75. The van der Waals surface area contributed by atoms with E-state index < -0.39 is 15.3 Å². The second kappa shape index (κ2) is 7.78. The molecule has 0 radical (unpaired) electrons. The number of hydrogen-bond acceptors (Lipinski definition) is 4. The largest absolute Gasteiger partial charge is 0.486 e. The van der Waals surface area contributed by atoms with Gasteiger partial charge in [-0.3, -0.25) is 0 Å². The zero-order chi connectivity index (χ0) is 18.7. The molecule has 0 spiro atoms. The smallest absolute Gasteiger partial charge is 0.214 e. The number of rotatable bonds is 6. The third-order valence-electron chi connectivity index (χ3n) is 4.49. The van der Waals surface area contributed by atoms with Crippen LogP contribution in [-0.4, -0.2) is 39.0 Å². The zero-order valence-electron chi connectivity index (χ0n) is 15.3. The van der Waals surface area contributed by atoms with Crippen molar-refractivity contribution >= 4 is 10.0 Å². The summed E-state index contributed by atoms with van der Waals surface area (Å²) in [5.41, 5.74) is 3.48. The minimum absolute atomic E-state index is 0.318. The lowest BCUT2D eigenvalue weighted by Gasteiger charge is -2.21. The maximum atomic E-state index is 12.1. The predicted octanol–water partition coefficient (Wildman–Crippen LogP) is 3.14. The molecule has 0 bridgehead atoms. The van der Waals surface area contributed by atoms with Gasteiger partial charge in [-0.1, -0.05) is 42.0 Å². The van der Waals surface area contributed by atoms with E-state index in [-0.39, 0.29) is 12.1 Å². The lowest BCUT2D eigenvalue weighted by Crippen LogP contribution is -2.47. The van der Waals surface area contributed by atoms with Crippen molar-refractivity contribution in [3.63, 3.8) is 0 Å². The van der Waals surface area contributed by atoms with Crippen LogP contribution >= 0.6 is 0 Å². The highest BCUT2D eigenvalue weighted by molar-refractivity contribution is 7.90. The molecule has 1 N–H and O–H groups in total. The second-order valence-corrected chi connectivity index (χ2v) is 9.17. The van der Waals surface area contributed by atoms with Gasteiger partial charge >= 0.3 is 0 Å². The molecule has 1 aliphatic rings. The van der Waals surface area contributed by atoms with Crippen LogP contribution in [0, 0.1) is 6.92 Å². The Hall–Kier alpha value is -1.89. The summed E-state index contributed by atoms with van der Waals surface area (Å²) >= 11 is 0. The van der Waals surface area contributed by atoms with Gasteiger partial charge in [0, 0.05) is 0 Å². The normalized spacial score (nSPS) is 20.5. The van der Waals surface area contributed by atoms with E-state index in [0.717, 1.165) is 11.1 Å². The quantitative estimate of drug-likeness (QED) is 0.842. The van der Waals surface area contributed by atoms with Gasteiger partial charge in [-0.25, -0.2) is 13.1 Å². The maximum absolute atomic E-state index is 12.1. The van der Waals surface area contributed by atoms with Gasteiger partial charge in [0.2, 0.25) is 10.0 Å². The summed E-state index contributed by atoms with van der Waals surface area (Å²) in [5, 5.41) is -0.488. The minimum Gasteiger partial charge on any atom is -0.486 e. The van der Waals surface area contributed by atoms with Gasteiger partial charge in [-0.05, 0) is 44.0 Å². The average molecular weight is 375 g/mol. The standard InChI is InChI=1S/C20H25NO4S/c1-14(2)26(22,23)21-19-12-24-13-20(19)25-18-10-8-17(9-11-18)16-6-4-15(3)5-7-16/h4-11,14,19-21H,12-13H2,1-3H3. The number of benzene rings is 2. The molecule has 2 aromatic carbocycles. The summed E-state index contributed by atoms with van der Waals surface area (Å²) in [7, 11) is -3.36. The molecule has 1 fully saturated rings. The molecule has 6 heteroatoms. The molecule has 3 rings (SSSR count). The molecule has 0 amide bonds. The Kier molecular flexibility index (Phi) is 5.65. The van der Waals surface area contributed by atoms with Gasteiger partial charge in [0.15, 0.2) is 0 Å². The van der Waals surface area contributed by atoms with Crippen LogP contribution in [-0.2, 0) is 14.8 Å². The first-order chi connectivity index (χ1) is 12.3. The third kappa shape index (κ3) is 4.44. The molecule has 2 aromatic rings. The van der Waals surface area contributed by atoms with Crippen LogP contribution in [0.5, 0.6) is 5.75 Å². The Morgan fingerprint density at radius 2 is 1.58 bits per heavy atom. The summed E-state index contributed by atoms with van der Waals surface area (Å²) in [6.45, 7) is 6.05. The average Bonchev–Trinajstić information content (AvgIpc) is 3.02. The van der Waals surface area contributed by atoms with Crippen molar-refractivity contribution in [2.75, 3.05) is 13.2 Å². The lowest BCUT2D eigenvalue weighted by molar-refractivity contribution is 0.140. The van der Waals surface area contributed by atoms with Crippen molar-refractivity contribution in [2.45, 2.75) is 38.2 Å². The van der Waals surface area contributed by atoms with Gasteiger partial charge in [-0.2, -0.15) is 0 Å². The number of aryl methyl sites for hydroxylation is 1. The van der Waals surface area contributed by atoms with Crippen molar-refractivity contribution in [3.05, 3.63) is 54.1 Å². The van der Waals surface area contributed by atoms with Crippen LogP contribution in [0.2, 0.25) is 0 Å². The highest BCUT2D eigenvalue weighted by Gasteiger charge is 2.34. The van der Waals surface area contributed by atoms with E-state index in [0.29, 0.717) is 19.0 Å². The van der Waals surface area contributed by atoms with E-state index in [1.807, 2.05) is 24.3 Å². The van der Waals surface area contributed by atoms with Gasteiger partial charge < -0.3 is 9.47 Å². The van der Waals surface area contributed by atoms with Crippen molar-refractivity contribution < 1.29 is 17.9 Å². The van der Waals surface area contributed by atoms with E-state index >= 15 is 0 Å². The van der Waals surface area contributed by atoms with Crippen LogP contribution in [0.1, 0.15) is 19.4 Å². The molecule has 0 aromatic heterocycles. The third-order valence-corrected chi connectivity index (χ3v) is 6.36. The SMILES string of the molecule is Cc1ccc(-c2ccc(OC3COCC3NS(=O)(=O)C(C)C)cc2)cc1. The summed E-state index contributed by atoms with van der Waals surface area (Å²) in [6.07, 6.45) is -0.339. The molecule has 1 saturated heterocycles. The molecule has 26 heavy (non-hydrogen) atoms. The molecule has 1 heterocycles. The van der Waals surface area contributed by atoms with Gasteiger partial charge in [0.05, 0.1) is 24.5 Å². The van der Waals surface area contributed by atoms with E-state index in [9.17, 15) is 8.42 Å².